The van der Waals surface area contributed by atoms with Gasteiger partial charge in [-0.05, 0) is 0 Å². The Morgan fingerprint density at radius 3 is 2.58 bits per heavy atom. The van der Waals surface area contributed by atoms with E-state index in [0.29, 0.717) is 24.2 Å². The van der Waals surface area contributed by atoms with E-state index in [-0.39, 0.29) is 5.56 Å². The number of benzene rings is 1. The van der Waals surface area contributed by atoms with Crippen molar-refractivity contribution in [2.45, 2.75) is 6.42 Å². The van der Waals surface area contributed by atoms with Gasteiger partial charge >= 0.3 is 5.69 Å². The largest absolute Gasteiger partial charge is 0.494 e. The monoisotopic (exact) mass is 353 g/mol. The van der Waals surface area contributed by atoms with Gasteiger partial charge in [0.05, 0.1) is 12.0 Å². The van der Waals surface area contributed by atoms with Crippen LogP contribution >= 0.6 is 0 Å². The Labute approximate surface area is 149 Å². The summed E-state index contributed by atoms with van der Waals surface area (Å²) in [5.41, 5.74) is 0.766. The minimum Gasteiger partial charge on any atom is -0.494 e. The molecular weight excluding hydrogens is 334 g/mol. The second-order valence-corrected chi connectivity index (χ2v) is 5.83. The number of aromatic amines is 1. The lowest BCUT2D eigenvalue weighted by atomic mass is 10.0. The zero-order chi connectivity index (χ0) is 18.7. The Kier molecular flexibility index (Phi) is 4.83. The second kappa shape index (κ2) is 7.22. The van der Waals surface area contributed by atoms with Gasteiger partial charge in [0.2, 0.25) is 5.88 Å². The zero-order valence-corrected chi connectivity index (χ0v) is 14.5. The quantitative estimate of drug-likeness (QED) is 0.655. The predicted octanol–water partition coefficient (Wildman–Crippen LogP) is 0.593. The van der Waals surface area contributed by atoms with Gasteiger partial charge in [0, 0.05) is 44.5 Å². The van der Waals surface area contributed by atoms with Crippen molar-refractivity contribution in [2.24, 2.45) is 19.1 Å². The van der Waals surface area contributed by atoms with E-state index in [4.69, 9.17) is 0 Å². The molecule has 0 saturated heterocycles. The number of nitrogens with one attached hydrogen (secondary N) is 1. The van der Waals surface area contributed by atoms with Gasteiger partial charge in [-0.25, -0.2) is 9.78 Å². The highest BCUT2D eigenvalue weighted by Gasteiger charge is 2.21. The molecule has 0 bridgehead atoms. The van der Waals surface area contributed by atoms with Crippen molar-refractivity contribution in [1.82, 2.24) is 19.1 Å². The number of aromatic hydroxyl groups is 1. The van der Waals surface area contributed by atoms with Crippen molar-refractivity contribution in [3.8, 4) is 5.88 Å². The normalized spacial score (nSPS) is 11.7. The van der Waals surface area contributed by atoms with Crippen molar-refractivity contribution in [3.63, 3.8) is 0 Å². The number of H-pyrrole nitrogens is 1. The Morgan fingerprint density at radius 1 is 1.19 bits per heavy atom. The maximum atomic E-state index is 12.7. The van der Waals surface area contributed by atoms with Gasteiger partial charge in [-0.15, -0.1) is 0 Å². The number of hydrogen-bond donors (Lipinski definition) is 2. The predicted molar refractivity (Wildman–Crippen MR) is 97.8 cm³/mol. The third-order valence-electron chi connectivity index (χ3n) is 4.12. The average Bonchev–Trinajstić information content (AvgIpc) is 3.18. The fraction of sp³-hybridized carbons (Fsp3) is 0.222. The number of aliphatic imine (C=N–C) groups is 1. The summed E-state index contributed by atoms with van der Waals surface area (Å²) in [5.74, 6) is -0.401. The van der Waals surface area contributed by atoms with Crippen LogP contribution in [0.15, 0.2) is 57.4 Å². The maximum absolute atomic E-state index is 12.7. The summed E-state index contributed by atoms with van der Waals surface area (Å²) in [4.78, 5) is 36.2. The first-order chi connectivity index (χ1) is 12.5. The van der Waals surface area contributed by atoms with Gasteiger partial charge in [-0.1, -0.05) is 30.3 Å². The molecule has 0 saturated carbocycles. The molecule has 2 heterocycles. The van der Waals surface area contributed by atoms with Gasteiger partial charge < -0.3 is 10.1 Å². The molecule has 0 unspecified atom stereocenters. The molecule has 2 aromatic heterocycles. The molecule has 0 aliphatic rings. The molecule has 2 N–H and O–H groups in total. The molecule has 26 heavy (non-hydrogen) atoms. The Hall–Kier alpha value is -3.42. The van der Waals surface area contributed by atoms with Crippen LogP contribution < -0.4 is 11.2 Å². The molecular formula is C18H19N5O3. The SMILES string of the molecule is Cn1c(O)c(C(=NCCc2cnc[nH]2)c2ccccc2)c(=O)n(C)c1=O. The molecule has 8 nitrogen and oxygen atoms in total. The molecule has 3 rings (SSSR count). The fourth-order valence-corrected chi connectivity index (χ4v) is 2.66. The number of rotatable bonds is 5. The third-order valence-corrected chi connectivity index (χ3v) is 4.12. The molecule has 8 heteroatoms. The third kappa shape index (κ3) is 3.21. The molecule has 0 aliphatic carbocycles. The highest BCUT2D eigenvalue weighted by atomic mass is 16.3. The molecule has 0 spiro atoms. The van der Waals surface area contributed by atoms with Gasteiger partial charge in [0.1, 0.15) is 5.56 Å². The van der Waals surface area contributed by atoms with Crippen LogP contribution in [0.25, 0.3) is 0 Å². The molecule has 0 radical (unpaired) electrons. The number of hydrogen-bond acceptors (Lipinski definition) is 5. The van der Waals surface area contributed by atoms with Crippen LogP contribution in [0.4, 0.5) is 0 Å². The van der Waals surface area contributed by atoms with E-state index in [0.717, 1.165) is 14.8 Å². The van der Waals surface area contributed by atoms with Crippen LogP contribution in [0.5, 0.6) is 5.88 Å². The molecule has 3 aromatic rings. The van der Waals surface area contributed by atoms with E-state index >= 15 is 0 Å². The lowest BCUT2D eigenvalue weighted by Crippen LogP contribution is -2.40. The van der Waals surface area contributed by atoms with Crippen LogP contribution in [-0.4, -0.2) is 36.5 Å². The number of aromatic nitrogens is 4. The first-order valence-corrected chi connectivity index (χ1v) is 8.07. The Morgan fingerprint density at radius 2 is 1.92 bits per heavy atom. The van der Waals surface area contributed by atoms with E-state index in [1.165, 1.54) is 14.1 Å². The minimum atomic E-state index is -0.596. The molecule has 0 aliphatic heterocycles. The highest BCUT2D eigenvalue weighted by molar-refractivity contribution is 6.13. The standard InChI is InChI=1S/C18H19N5O3/c1-22-16(24)14(17(25)23(2)18(22)26)15(12-6-4-3-5-7-12)20-9-8-13-10-19-11-21-13/h3-7,10-11,24H,8-9H2,1-2H3,(H,19,21). The Balaban J connectivity index is 2.13. The van der Waals surface area contributed by atoms with Crippen molar-refractivity contribution < 1.29 is 5.11 Å². The Bertz CT molecular complexity index is 1050. The van der Waals surface area contributed by atoms with Crippen LogP contribution in [0, 0.1) is 0 Å². The van der Waals surface area contributed by atoms with E-state index in [9.17, 15) is 14.7 Å². The summed E-state index contributed by atoms with van der Waals surface area (Å²) in [6, 6.07) is 9.11. The number of nitrogens with zero attached hydrogens (tertiary/aromatic N) is 4. The summed E-state index contributed by atoms with van der Waals surface area (Å²) in [6.07, 6.45) is 3.90. The topological polar surface area (TPSA) is 105 Å². The summed E-state index contributed by atoms with van der Waals surface area (Å²) < 4.78 is 1.99. The summed E-state index contributed by atoms with van der Waals surface area (Å²) in [5, 5.41) is 10.5. The van der Waals surface area contributed by atoms with Crippen LogP contribution in [-0.2, 0) is 20.5 Å². The van der Waals surface area contributed by atoms with Crippen molar-refractivity contribution >= 4 is 5.71 Å². The summed E-state index contributed by atoms with van der Waals surface area (Å²) in [6.45, 7) is 0.387. The van der Waals surface area contributed by atoms with Gasteiger partial charge in [0.25, 0.3) is 5.56 Å². The maximum Gasteiger partial charge on any atom is 0.333 e. The summed E-state index contributed by atoms with van der Waals surface area (Å²) in [7, 11) is 2.79. The fourth-order valence-electron chi connectivity index (χ4n) is 2.66. The molecule has 0 atom stereocenters. The van der Waals surface area contributed by atoms with Crippen molar-refractivity contribution in [1.29, 1.82) is 0 Å². The van der Waals surface area contributed by atoms with E-state index < -0.39 is 17.1 Å². The highest BCUT2D eigenvalue weighted by Crippen LogP contribution is 2.16. The lowest BCUT2D eigenvalue weighted by molar-refractivity contribution is 0.410. The van der Waals surface area contributed by atoms with E-state index in [1.807, 2.05) is 18.2 Å². The smallest absolute Gasteiger partial charge is 0.333 e. The van der Waals surface area contributed by atoms with E-state index in [1.54, 1.807) is 24.7 Å². The first-order valence-electron chi connectivity index (χ1n) is 8.07. The summed E-state index contributed by atoms with van der Waals surface area (Å²) >= 11 is 0. The van der Waals surface area contributed by atoms with Gasteiger partial charge in [-0.3, -0.25) is 18.9 Å². The second-order valence-electron chi connectivity index (χ2n) is 5.83. The average molecular weight is 353 g/mol. The van der Waals surface area contributed by atoms with Crippen molar-refractivity contribution in [3.05, 3.63) is 80.5 Å². The minimum absolute atomic E-state index is 0.00501. The molecule has 0 amide bonds. The molecule has 1 aromatic carbocycles. The van der Waals surface area contributed by atoms with Gasteiger partial charge in [0.15, 0.2) is 0 Å². The lowest BCUT2D eigenvalue weighted by Gasteiger charge is -2.13. The van der Waals surface area contributed by atoms with Crippen LogP contribution in [0.2, 0.25) is 0 Å². The van der Waals surface area contributed by atoms with Crippen LogP contribution in [0.1, 0.15) is 16.8 Å². The molecule has 0 fully saturated rings. The number of imidazole rings is 1. The van der Waals surface area contributed by atoms with Crippen LogP contribution in [0.3, 0.4) is 0 Å². The van der Waals surface area contributed by atoms with Gasteiger partial charge in [-0.2, -0.15) is 0 Å². The zero-order valence-electron chi connectivity index (χ0n) is 14.5. The first kappa shape index (κ1) is 17.4. The van der Waals surface area contributed by atoms with E-state index in [2.05, 4.69) is 15.0 Å². The van der Waals surface area contributed by atoms with Crippen molar-refractivity contribution in [2.75, 3.05) is 6.54 Å². The molecule has 134 valence electrons.